The molecule has 0 atom stereocenters. The van der Waals surface area contributed by atoms with Crippen LogP contribution in [0.2, 0.25) is 5.02 Å². The number of aromatic nitrogens is 2. The van der Waals surface area contributed by atoms with Gasteiger partial charge in [0.2, 0.25) is 5.91 Å². The molecule has 3 rings (SSSR count). The Labute approximate surface area is 173 Å². The van der Waals surface area contributed by atoms with Gasteiger partial charge in [-0.05, 0) is 30.2 Å². The van der Waals surface area contributed by atoms with Crippen LogP contribution in [0.1, 0.15) is 22.4 Å². The Morgan fingerprint density at radius 1 is 1.14 bits per heavy atom. The number of aryl methyl sites for hydroxylation is 1. The van der Waals surface area contributed by atoms with E-state index in [4.69, 9.17) is 11.6 Å². The Hall–Kier alpha value is -2.28. The van der Waals surface area contributed by atoms with Gasteiger partial charge < -0.3 is 15.0 Å². The van der Waals surface area contributed by atoms with Crippen LogP contribution >= 0.6 is 23.4 Å². The molecule has 1 amide bonds. The molecule has 28 heavy (non-hydrogen) atoms. The van der Waals surface area contributed by atoms with Gasteiger partial charge in [0.25, 0.3) is 0 Å². The number of nitrogens with one attached hydrogen (secondary N) is 1. The minimum atomic E-state index is -0.138. The third-order valence-corrected chi connectivity index (χ3v) is 5.40. The number of carbonyl (C=O) groups excluding carboxylic acids is 1. The third-order valence-electron chi connectivity index (χ3n) is 4.16. The van der Waals surface area contributed by atoms with Crippen molar-refractivity contribution in [2.75, 3.05) is 5.75 Å². The fourth-order valence-electron chi connectivity index (χ4n) is 2.63. The van der Waals surface area contributed by atoms with E-state index in [0.29, 0.717) is 29.0 Å². The first-order valence-corrected chi connectivity index (χ1v) is 10.3. The zero-order valence-electron chi connectivity index (χ0n) is 15.6. The second kappa shape index (κ2) is 9.78. The van der Waals surface area contributed by atoms with Crippen molar-refractivity contribution in [1.29, 1.82) is 0 Å². The van der Waals surface area contributed by atoms with Gasteiger partial charge in [-0.25, -0.2) is 4.98 Å². The topological polar surface area (TPSA) is 67.2 Å². The Morgan fingerprint density at radius 2 is 1.82 bits per heavy atom. The van der Waals surface area contributed by atoms with Crippen LogP contribution in [-0.2, 0) is 24.5 Å². The van der Waals surface area contributed by atoms with E-state index in [2.05, 4.69) is 10.3 Å². The van der Waals surface area contributed by atoms with Gasteiger partial charge in [-0.1, -0.05) is 65.3 Å². The number of hydrogen-bond donors (Lipinski definition) is 2. The van der Waals surface area contributed by atoms with Crippen LogP contribution < -0.4 is 5.32 Å². The lowest BCUT2D eigenvalue weighted by atomic mass is 10.1. The summed E-state index contributed by atoms with van der Waals surface area (Å²) in [7, 11) is 0. The number of nitrogens with zero attached hydrogens (tertiary/aromatic N) is 2. The summed E-state index contributed by atoms with van der Waals surface area (Å²) >= 11 is 7.29. The van der Waals surface area contributed by atoms with E-state index < -0.39 is 0 Å². The summed E-state index contributed by atoms with van der Waals surface area (Å²) in [6.45, 7) is 2.99. The smallest absolute Gasteiger partial charge is 0.230 e. The molecule has 0 aliphatic heterocycles. The Morgan fingerprint density at radius 3 is 2.50 bits per heavy atom. The van der Waals surface area contributed by atoms with Crippen LogP contribution in [0, 0.1) is 6.92 Å². The zero-order valence-corrected chi connectivity index (χ0v) is 17.1. The number of carbonyl (C=O) groups is 1. The van der Waals surface area contributed by atoms with Crippen molar-refractivity contribution in [1.82, 2.24) is 14.9 Å². The quantitative estimate of drug-likeness (QED) is 0.549. The molecule has 0 aliphatic rings. The first kappa shape index (κ1) is 20.5. The molecule has 0 saturated heterocycles. The fourth-order valence-corrected chi connectivity index (χ4v) is 3.58. The number of thioether (sulfide) groups is 1. The molecule has 0 aliphatic carbocycles. The van der Waals surface area contributed by atoms with Gasteiger partial charge in [0, 0.05) is 24.3 Å². The maximum Gasteiger partial charge on any atom is 0.230 e. The average molecular weight is 416 g/mol. The highest BCUT2D eigenvalue weighted by atomic mass is 35.5. The molecule has 0 unspecified atom stereocenters. The van der Waals surface area contributed by atoms with E-state index in [1.54, 1.807) is 6.20 Å². The van der Waals surface area contributed by atoms with Crippen LogP contribution in [0.4, 0.5) is 0 Å². The highest BCUT2D eigenvalue weighted by Gasteiger charge is 2.11. The lowest BCUT2D eigenvalue weighted by molar-refractivity contribution is -0.118. The summed E-state index contributed by atoms with van der Waals surface area (Å²) in [5.74, 6) is 0.200. The summed E-state index contributed by atoms with van der Waals surface area (Å²) in [6.07, 6.45) is 1.81. The van der Waals surface area contributed by atoms with Crippen LogP contribution in [-0.4, -0.2) is 26.3 Å². The predicted octanol–water partition coefficient (Wildman–Crippen LogP) is 3.79. The summed E-state index contributed by atoms with van der Waals surface area (Å²) < 4.78 is 1.94. The second-order valence-corrected chi connectivity index (χ2v) is 7.86. The van der Waals surface area contributed by atoms with Crippen molar-refractivity contribution >= 4 is 29.3 Å². The Kier molecular flexibility index (Phi) is 7.14. The predicted molar refractivity (Wildman–Crippen MR) is 112 cm³/mol. The van der Waals surface area contributed by atoms with Crippen molar-refractivity contribution in [3.63, 3.8) is 0 Å². The van der Waals surface area contributed by atoms with Gasteiger partial charge in [0.1, 0.15) is 0 Å². The lowest BCUT2D eigenvalue weighted by Gasteiger charge is -2.08. The minimum Gasteiger partial charge on any atom is -0.390 e. The van der Waals surface area contributed by atoms with Gasteiger partial charge in [-0.3, -0.25) is 4.79 Å². The van der Waals surface area contributed by atoms with Gasteiger partial charge in [-0.2, -0.15) is 0 Å². The van der Waals surface area contributed by atoms with Crippen LogP contribution in [0.5, 0.6) is 0 Å². The van der Waals surface area contributed by atoms with E-state index in [1.165, 1.54) is 17.3 Å². The SMILES string of the molecule is Cc1ccc(CNC(=O)CSc2nc(CO)cn2Cc2ccc(Cl)cc2)cc1. The average Bonchev–Trinajstić information content (AvgIpc) is 3.09. The summed E-state index contributed by atoms with van der Waals surface area (Å²) in [6, 6.07) is 15.6. The zero-order chi connectivity index (χ0) is 19.9. The molecule has 1 aromatic heterocycles. The fraction of sp³-hybridized carbons (Fsp3) is 0.238. The van der Waals surface area contributed by atoms with E-state index in [0.717, 1.165) is 11.1 Å². The van der Waals surface area contributed by atoms with Gasteiger partial charge in [0.15, 0.2) is 5.16 Å². The normalized spacial score (nSPS) is 10.8. The largest absolute Gasteiger partial charge is 0.390 e. The van der Waals surface area contributed by atoms with Crippen molar-refractivity contribution < 1.29 is 9.90 Å². The molecule has 146 valence electrons. The first-order chi connectivity index (χ1) is 13.5. The molecule has 0 bridgehead atoms. The summed E-state index contributed by atoms with van der Waals surface area (Å²) in [5, 5.41) is 13.7. The van der Waals surface area contributed by atoms with Crippen molar-refractivity contribution in [2.24, 2.45) is 0 Å². The number of benzene rings is 2. The van der Waals surface area contributed by atoms with Crippen LogP contribution in [0.15, 0.2) is 59.9 Å². The number of hydrogen-bond acceptors (Lipinski definition) is 4. The number of aliphatic hydroxyl groups is 1. The van der Waals surface area contributed by atoms with Crippen molar-refractivity contribution in [3.05, 3.63) is 82.1 Å². The number of halogens is 1. The highest BCUT2D eigenvalue weighted by Crippen LogP contribution is 2.20. The summed E-state index contributed by atoms with van der Waals surface area (Å²) in [5.41, 5.74) is 3.90. The molecule has 2 aromatic carbocycles. The standard InChI is InChI=1S/C21H22ClN3O2S/c1-15-2-4-16(5-3-15)10-23-20(27)14-28-21-24-19(13-26)12-25(21)11-17-6-8-18(22)9-7-17/h2-9,12,26H,10-11,13-14H2,1H3,(H,23,27). The molecule has 2 N–H and O–H groups in total. The lowest BCUT2D eigenvalue weighted by Crippen LogP contribution is -2.24. The molecule has 1 heterocycles. The molecule has 3 aromatic rings. The van der Waals surface area contributed by atoms with E-state index in [1.807, 2.05) is 60.0 Å². The maximum atomic E-state index is 12.2. The van der Waals surface area contributed by atoms with Crippen LogP contribution in [0.25, 0.3) is 0 Å². The second-order valence-electron chi connectivity index (χ2n) is 6.48. The summed E-state index contributed by atoms with van der Waals surface area (Å²) in [4.78, 5) is 16.6. The molecule has 0 saturated carbocycles. The number of aliphatic hydroxyl groups excluding tert-OH is 1. The van der Waals surface area contributed by atoms with Crippen LogP contribution in [0.3, 0.4) is 0 Å². The van der Waals surface area contributed by atoms with Gasteiger partial charge in [0.05, 0.1) is 18.1 Å². The monoisotopic (exact) mass is 415 g/mol. The Balaban J connectivity index is 1.58. The number of amides is 1. The highest BCUT2D eigenvalue weighted by molar-refractivity contribution is 7.99. The van der Waals surface area contributed by atoms with Gasteiger partial charge in [-0.15, -0.1) is 0 Å². The minimum absolute atomic E-state index is 0.0582. The number of imidazole rings is 1. The van der Waals surface area contributed by atoms with Crippen molar-refractivity contribution in [3.8, 4) is 0 Å². The third kappa shape index (κ3) is 5.86. The first-order valence-electron chi connectivity index (χ1n) is 8.90. The molecule has 0 fully saturated rings. The molecular weight excluding hydrogens is 394 g/mol. The molecule has 5 nitrogen and oxygen atoms in total. The molecule has 7 heteroatoms. The maximum absolute atomic E-state index is 12.2. The van der Waals surface area contributed by atoms with Gasteiger partial charge >= 0.3 is 0 Å². The molecule has 0 radical (unpaired) electrons. The Bertz CT molecular complexity index is 924. The van der Waals surface area contributed by atoms with E-state index in [-0.39, 0.29) is 18.3 Å². The molecule has 0 spiro atoms. The molecular formula is C21H22ClN3O2S. The van der Waals surface area contributed by atoms with Crippen molar-refractivity contribution in [2.45, 2.75) is 31.8 Å². The van der Waals surface area contributed by atoms with E-state index in [9.17, 15) is 9.90 Å². The number of rotatable bonds is 8. The van der Waals surface area contributed by atoms with E-state index >= 15 is 0 Å².